The average molecular weight is 501 g/mol. The van der Waals surface area contributed by atoms with E-state index in [1.807, 2.05) is 43.4 Å². The molecular formula is C34H36N4. The summed E-state index contributed by atoms with van der Waals surface area (Å²) in [6.07, 6.45) is 6.23. The van der Waals surface area contributed by atoms with Crippen LogP contribution in [-0.4, -0.2) is 9.55 Å². The highest BCUT2D eigenvalue weighted by Gasteiger charge is 2.20. The molecule has 0 saturated heterocycles. The standard InChI is InChI=1S/C34H36N4/c1-4-5-6-7-10-16-28-19-15-20-30(23-28)25-38(24-29-17-11-8-12-18-29)34-32(33(35)37(3)26-36-34)27(2)31-21-13-9-14-22-31/h8-9,11-15,17-23,26,35H,2,4-7,24-25H2,1,3H3. The first kappa shape index (κ1) is 26.7. The number of hydrogen-bond donors (Lipinski definition) is 1. The summed E-state index contributed by atoms with van der Waals surface area (Å²) < 4.78 is 1.74. The number of aromatic nitrogens is 2. The highest BCUT2D eigenvalue weighted by molar-refractivity contribution is 5.83. The lowest BCUT2D eigenvalue weighted by Gasteiger charge is -2.27. The number of rotatable bonds is 10. The first-order valence-corrected chi connectivity index (χ1v) is 13.3. The Hall–Kier alpha value is -4.36. The smallest absolute Gasteiger partial charge is 0.142 e. The Labute approximate surface area is 226 Å². The van der Waals surface area contributed by atoms with Crippen molar-refractivity contribution in [3.63, 3.8) is 0 Å². The van der Waals surface area contributed by atoms with Gasteiger partial charge in [0.15, 0.2) is 0 Å². The molecule has 0 radical (unpaired) electrons. The number of benzene rings is 3. The predicted octanol–water partition coefficient (Wildman–Crippen LogP) is 7.10. The third kappa shape index (κ3) is 6.89. The lowest BCUT2D eigenvalue weighted by Crippen LogP contribution is -2.30. The quantitative estimate of drug-likeness (QED) is 0.186. The average Bonchev–Trinajstić information content (AvgIpc) is 2.95. The Morgan fingerprint density at radius 1 is 0.921 bits per heavy atom. The molecule has 0 aliphatic rings. The molecule has 4 nitrogen and oxygen atoms in total. The summed E-state index contributed by atoms with van der Waals surface area (Å²) in [5.74, 6) is 7.42. The minimum Gasteiger partial charge on any atom is -0.347 e. The maximum Gasteiger partial charge on any atom is 0.142 e. The third-order valence-electron chi connectivity index (χ3n) is 6.54. The van der Waals surface area contributed by atoms with Crippen molar-refractivity contribution in [2.45, 2.75) is 45.7 Å². The Kier molecular flexibility index (Phi) is 9.32. The van der Waals surface area contributed by atoms with Crippen LogP contribution in [0, 0.1) is 17.3 Å². The zero-order valence-electron chi connectivity index (χ0n) is 22.5. The van der Waals surface area contributed by atoms with Crippen molar-refractivity contribution >= 4 is 11.4 Å². The molecule has 0 atom stereocenters. The maximum atomic E-state index is 8.94. The number of anilines is 1. The largest absolute Gasteiger partial charge is 0.347 e. The number of nitrogens with one attached hydrogen (secondary N) is 1. The number of nitrogens with zero attached hydrogens (tertiary/aromatic N) is 3. The van der Waals surface area contributed by atoms with Crippen LogP contribution in [0.4, 0.5) is 5.82 Å². The van der Waals surface area contributed by atoms with Gasteiger partial charge in [0.25, 0.3) is 0 Å². The number of unbranched alkanes of at least 4 members (excludes halogenated alkanes) is 3. The maximum absolute atomic E-state index is 8.94. The molecule has 0 fully saturated rings. The van der Waals surface area contributed by atoms with Gasteiger partial charge in [-0.15, -0.1) is 0 Å². The van der Waals surface area contributed by atoms with Crippen LogP contribution in [0.3, 0.4) is 0 Å². The molecule has 0 amide bonds. The molecule has 1 heterocycles. The normalized spacial score (nSPS) is 10.5. The second kappa shape index (κ2) is 13.3. The minimum absolute atomic E-state index is 0.383. The van der Waals surface area contributed by atoms with Gasteiger partial charge in [-0.3, -0.25) is 5.41 Å². The van der Waals surface area contributed by atoms with Gasteiger partial charge in [0.1, 0.15) is 11.3 Å². The molecule has 1 aromatic heterocycles. The fourth-order valence-corrected chi connectivity index (χ4v) is 4.45. The van der Waals surface area contributed by atoms with E-state index in [1.54, 1.807) is 10.9 Å². The first-order valence-electron chi connectivity index (χ1n) is 13.3. The second-order valence-corrected chi connectivity index (χ2v) is 9.55. The van der Waals surface area contributed by atoms with E-state index in [2.05, 4.69) is 78.8 Å². The zero-order valence-corrected chi connectivity index (χ0v) is 22.5. The van der Waals surface area contributed by atoms with Gasteiger partial charge in [-0.05, 0) is 40.8 Å². The lowest BCUT2D eigenvalue weighted by atomic mass is 10.00. The Bertz CT molecular complexity index is 1470. The van der Waals surface area contributed by atoms with Crippen LogP contribution in [0.25, 0.3) is 5.57 Å². The summed E-state index contributed by atoms with van der Waals surface area (Å²) >= 11 is 0. The molecule has 3 aromatic carbocycles. The molecule has 0 aliphatic heterocycles. The van der Waals surface area contributed by atoms with E-state index in [9.17, 15) is 0 Å². The molecule has 0 bridgehead atoms. The van der Waals surface area contributed by atoms with Crippen LogP contribution in [0.2, 0.25) is 0 Å². The summed E-state index contributed by atoms with van der Waals surface area (Å²) in [7, 11) is 1.85. The first-order chi connectivity index (χ1) is 18.6. The zero-order chi connectivity index (χ0) is 26.7. The Morgan fingerprint density at radius 2 is 1.61 bits per heavy atom. The van der Waals surface area contributed by atoms with Crippen LogP contribution < -0.4 is 10.4 Å². The van der Waals surface area contributed by atoms with Crippen molar-refractivity contribution in [3.05, 3.63) is 131 Å². The number of hydrogen-bond acceptors (Lipinski definition) is 3. The van der Waals surface area contributed by atoms with E-state index >= 15 is 0 Å². The summed E-state index contributed by atoms with van der Waals surface area (Å²) in [5, 5.41) is 8.94. The van der Waals surface area contributed by atoms with Crippen LogP contribution in [0.15, 0.2) is 97.8 Å². The topological polar surface area (TPSA) is 44.9 Å². The van der Waals surface area contributed by atoms with Gasteiger partial charge in [0.05, 0.1) is 11.9 Å². The fourth-order valence-electron chi connectivity index (χ4n) is 4.45. The number of aryl methyl sites for hydroxylation is 1. The lowest BCUT2D eigenvalue weighted by molar-refractivity contribution is 0.736. The minimum atomic E-state index is 0.383. The summed E-state index contributed by atoms with van der Waals surface area (Å²) in [6.45, 7) is 7.91. The van der Waals surface area contributed by atoms with Crippen LogP contribution in [0.1, 0.15) is 60.4 Å². The monoisotopic (exact) mass is 500 g/mol. The van der Waals surface area contributed by atoms with Gasteiger partial charge in [-0.25, -0.2) is 4.98 Å². The Balaban J connectivity index is 1.73. The van der Waals surface area contributed by atoms with Gasteiger partial charge >= 0.3 is 0 Å². The molecule has 4 rings (SSSR count). The van der Waals surface area contributed by atoms with Crippen molar-refractivity contribution in [1.82, 2.24) is 9.55 Å². The Morgan fingerprint density at radius 3 is 2.34 bits per heavy atom. The van der Waals surface area contributed by atoms with Gasteiger partial charge < -0.3 is 9.47 Å². The fraction of sp³-hybridized carbons (Fsp3) is 0.235. The van der Waals surface area contributed by atoms with Crippen LogP contribution in [0.5, 0.6) is 0 Å². The molecule has 1 N–H and O–H groups in total. The summed E-state index contributed by atoms with van der Waals surface area (Å²) in [6, 6.07) is 28.9. The van der Waals surface area contributed by atoms with Crippen molar-refractivity contribution in [3.8, 4) is 11.8 Å². The molecule has 192 valence electrons. The van der Waals surface area contributed by atoms with Crippen LogP contribution in [-0.2, 0) is 20.1 Å². The van der Waals surface area contributed by atoms with Crippen molar-refractivity contribution < 1.29 is 0 Å². The molecule has 0 saturated carbocycles. The summed E-state index contributed by atoms with van der Waals surface area (Å²) in [5.41, 5.74) is 6.25. The van der Waals surface area contributed by atoms with E-state index in [0.717, 1.165) is 46.5 Å². The van der Waals surface area contributed by atoms with E-state index in [1.165, 1.54) is 18.4 Å². The molecule has 38 heavy (non-hydrogen) atoms. The highest BCUT2D eigenvalue weighted by atomic mass is 15.2. The molecule has 4 aromatic rings. The molecule has 0 spiro atoms. The van der Waals surface area contributed by atoms with Gasteiger partial charge in [0, 0.05) is 32.1 Å². The van der Waals surface area contributed by atoms with Crippen molar-refractivity contribution in [2.24, 2.45) is 7.05 Å². The predicted molar refractivity (Wildman–Crippen MR) is 157 cm³/mol. The molecular weight excluding hydrogens is 464 g/mol. The van der Waals surface area contributed by atoms with Gasteiger partial charge in [-0.1, -0.05) is 111 Å². The van der Waals surface area contributed by atoms with Gasteiger partial charge in [0.2, 0.25) is 0 Å². The van der Waals surface area contributed by atoms with E-state index in [0.29, 0.717) is 18.6 Å². The third-order valence-corrected chi connectivity index (χ3v) is 6.54. The van der Waals surface area contributed by atoms with Crippen molar-refractivity contribution in [1.29, 1.82) is 5.41 Å². The SMILES string of the molecule is C=C(c1ccccc1)c1c(N(Cc2ccccc2)Cc2cccc(C#CCCCCC)c2)ncn(C)c1=N. The molecule has 0 aliphatic carbocycles. The van der Waals surface area contributed by atoms with Gasteiger partial charge in [-0.2, -0.15) is 0 Å². The van der Waals surface area contributed by atoms with E-state index in [-0.39, 0.29) is 0 Å². The van der Waals surface area contributed by atoms with E-state index in [4.69, 9.17) is 10.4 Å². The van der Waals surface area contributed by atoms with E-state index < -0.39 is 0 Å². The highest BCUT2D eigenvalue weighted by Crippen LogP contribution is 2.28. The summed E-state index contributed by atoms with van der Waals surface area (Å²) in [4.78, 5) is 7.10. The molecule has 4 heteroatoms. The van der Waals surface area contributed by atoms with Crippen LogP contribution >= 0.6 is 0 Å². The molecule has 0 unspecified atom stereocenters. The van der Waals surface area contributed by atoms with Crippen molar-refractivity contribution in [2.75, 3.05) is 4.90 Å². The second-order valence-electron chi connectivity index (χ2n) is 9.55.